The van der Waals surface area contributed by atoms with E-state index in [1.807, 2.05) is 24.3 Å². The van der Waals surface area contributed by atoms with Gasteiger partial charge in [0.15, 0.2) is 12.4 Å². The van der Waals surface area contributed by atoms with Crippen molar-refractivity contribution in [3.63, 3.8) is 0 Å². The molecule has 1 aromatic rings. The van der Waals surface area contributed by atoms with Crippen LogP contribution in [-0.4, -0.2) is 18.3 Å². The Morgan fingerprint density at radius 2 is 1.87 bits per heavy atom. The molecule has 0 fully saturated rings. The van der Waals surface area contributed by atoms with E-state index in [4.69, 9.17) is 4.74 Å². The quantitative estimate of drug-likeness (QED) is 0.820. The van der Waals surface area contributed by atoms with Gasteiger partial charge in [-0.15, -0.1) is 0 Å². The summed E-state index contributed by atoms with van der Waals surface area (Å²) in [5.41, 5.74) is 7.36. The second-order valence-corrected chi connectivity index (χ2v) is 6.73. The van der Waals surface area contributed by atoms with Crippen molar-refractivity contribution in [1.29, 1.82) is 0 Å². The average molecular weight is 316 g/mol. The highest BCUT2D eigenvalue weighted by molar-refractivity contribution is 5.91. The molecular formula is C18H24N2O3. The van der Waals surface area contributed by atoms with E-state index in [9.17, 15) is 9.59 Å². The number of rotatable bonds is 5. The van der Waals surface area contributed by atoms with E-state index in [-0.39, 0.29) is 23.7 Å². The summed E-state index contributed by atoms with van der Waals surface area (Å²) in [5, 5.41) is 0. The van der Waals surface area contributed by atoms with Crippen molar-refractivity contribution >= 4 is 11.7 Å². The number of allylic oxidation sites excluding steroid dienone is 2. The molecule has 0 spiro atoms. The molecule has 1 amide bonds. The number of hydrazine groups is 1. The van der Waals surface area contributed by atoms with Gasteiger partial charge in [-0.2, -0.15) is 0 Å². The third-order valence-corrected chi connectivity index (χ3v) is 3.66. The first-order chi connectivity index (χ1) is 10.8. The minimum atomic E-state index is -0.288. The number of ether oxygens (including phenoxy) is 1. The molecule has 0 saturated heterocycles. The predicted octanol–water partition coefficient (Wildman–Crippen LogP) is 2.62. The van der Waals surface area contributed by atoms with Gasteiger partial charge in [-0.25, -0.2) is 0 Å². The molecule has 0 atom stereocenters. The standard InChI is InChI=1S/C18H24N2O3/c1-18(2,3)13-7-9-16(10-8-13)23-12-17(22)20-19-14-5-4-6-15(21)11-14/h7-11,19H,4-6,12H2,1-3H3,(H,20,22). The third kappa shape index (κ3) is 5.43. The number of carbonyl (C=O) groups excluding carboxylic acids is 2. The van der Waals surface area contributed by atoms with Gasteiger partial charge in [-0.3, -0.25) is 15.0 Å². The van der Waals surface area contributed by atoms with Gasteiger partial charge in [-0.05, 0) is 36.0 Å². The molecule has 0 unspecified atom stereocenters. The zero-order valence-electron chi connectivity index (χ0n) is 13.9. The van der Waals surface area contributed by atoms with Crippen molar-refractivity contribution in [2.24, 2.45) is 0 Å². The lowest BCUT2D eigenvalue weighted by atomic mass is 9.87. The summed E-state index contributed by atoms with van der Waals surface area (Å²) in [6.07, 6.45) is 3.69. The first-order valence-electron chi connectivity index (χ1n) is 7.86. The molecule has 1 aromatic carbocycles. The third-order valence-electron chi connectivity index (χ3n) is 3.66. The number of hydrogen-bond donors (Lipinski definition) is 2. The van der Waals surface area contributed by atoms with E-state index >= 15 is 0 Å². The molecule has 1 aliphatic carbocycles. The maximum atomic E-state index is 11.8. The summed E-state index contributed by atoms with van der Waals surface area (Å²) in [5.74, 6) is 0.451. The van der Waals surface area contributed by atoms with Crippen LogP contribution in [0.4, 0.5) is 0 Å². The van der Waals surface area contributed by atoms with Crippen molar-refractivity contribution in [2.75, 3.05) is 6.61 Å². The molecule has 1 aliphatic rings. The summed E-state index contributed by atoms with van der Waals surface area (Å²) in [6, 6.07) is 7.74. The number of ketones is 1. The molecule has 2 rings (SSSR count). The van der Waals surface area contributed by atoms with Crippen molar-refractivity contribution in [3.8, 4) is 5.75 Å². The molecule has 124 valence electrons. The highest BCUT2D eigenvalue weighted by Gasteiger charge is 2.13. The SMILES string of the molecule is CC(C)(C)c1ccc(OCC(=O)NNC2=CC(=O)CCC2)cc1. The minimum Gasteiger partial charge on any atom is -0.484 e. The van der Waals surface area contributed by atoms with E-state index < -0.39 is 0 Å². The number of nitrogens with one attached hydrogen (secondary N) is 2. The van der Waals surface area contributed by atoms with Crippen molar-refractivity contribution in [3.05, 3.63) is 41.6 Å². The fourth-order valence-electron chi connectivity index (χ4n) is 2.28. The second-order valence-electron chi connectivity index (χ2n) is 6.73. The van der Waals surface area contributed by atoms with Gasteiger partial charge in [0.05, 0.1) is 0 Å². The molecule has 0 bridgehead atoms. The Bertz CT molecular complexity index is 598. The van der Waals surface area contributed by atoms with Crippen LogP contribution in [0, 0.1) is 0 Å². The van der Waals surface area contributed by atoms with Crippen LogP contribution < -0.4 is 15.6 Å². The van der Waals surface area contributed by atoms with Crippen LogP contribution in [0.25, 0.3) is 0 Å². The number of hydrogen-bond acceptors (Lipinski definition) is 4. The van der Waals surface area contributed by atoms with Gasteiger partial charge in [0, 0.05) is 18.2 Å². The maximum Gasteiger partial charge on any atom is 0.276 e. The Morgan fingerprint density at radius 1 is 1.17 bits per heavy atom. The van der Waals surface area contributed by atoms with Gasteiger partial charge in [0.2, 0.25) is 0 Å². The van der Waals surface area contributed by atoms with E-state index in [1.54, 1.807) is 0 Å². The predicted molar refractivity (Wildman–Crippen MR) is 88.9 cm³/mol. The number of benzene rings is 1. The van der Waals surface area contributed by atoms with Crippen LogP contribution in [0.3, 0.4) is 0 Å². The van der Waals surface area contributed by atoms with E-state index in [0.29, 0.717) is 12.2 Å². The van der Waals surface area contributed by atoms with Crippen LogP contribution in [0.1, 0.15) is 45.6 Å². The van der Waals surface area contributed by atoms with E-state index in [1.165, 1.54) is 11.6 Å². The first-order valence-corrected chi connectivity index (χ1v) is 7.86. The Hall–Kier alpha value is -2.30. The molecule has 0 aromatic heterocycles. The summed E-state index contributed by atoms with van der Waals surface area (Å²) in [7, 11) is 0. The molecule has 5 heteroatoms. The fourth-order valence-corrected chi connectivity index (χ4v) is 2.28. The molecule has 0 radical (unpaired) electrons. The molecule has 23 heavy (non-hydrogen) atoms. The van der Waals surface area contributed by atoms with Gasteiger partial charge in [-0.1, -0.05) is 32.9 Å². The summed E-state index contributed by atoms with van der Waals surface area (Å²) in [6.45, 7) is 6.36. The minimum absolute atomic E-state index is 0.0803. The Kier molecular flexibility index (Phi) is 5.42. The smallest absolute Gasteiger partial charge is 0.276 e. The zero-order chi connectivity index (χ0) is 16.9. The fraction of sp³-hybridized carbons (Fsp3) is 0.444. The summed E-state index contributed by atoms with van der Waals surface area (Å²) in [4.78, 5) is 23.0. The van der Waals surface area contributed by atoms with Crippen LogP contribution in [-0.2, 0) is 15.0 Å². The van der Waals surface area contributed by atoms with Gasteiger partial charge in [0.1, 0.15) is 5.75 Å². The lowest BCUT2D eigenvalue weighted by Crippen LogP contribution is -2.40. The van der Waals surface area contributed by atoms with Crippen LogP contribution in [0.5, 0.6) is 5.75 Å². The van der Waals surface area contributed by atoms with Gasteiger partial charge < -0.3 is 10.2 Å². The maximum absolute atomic E-state index is 11.8. The Labute approximate surface area is 137 Å². The topological polar surface area (TPSA) is 67.4 Å². The van der Waals surface area contributed by atoms with Crippen molar-refractivity contribution in [2.45, 2.75) is 45.4 Å². The highest BCUT2D eigenvalue weighted by Crippen LogP contribution is 2.24. The molecule has 0 saturated carbocycles. The monoisotopic (exact) mass is 316 g/mol. The van der Waals surface area contributed by atoms with Crippen molar-refractivity contribution in [1.82, 2.24) is 10.9 Å². The van der Waals surface area contributed by atoms with Crippen LogP contribution in [0.2, 0.25) is 0 Å². The largest absolute Gasteiger partial charge is 0.484 e. The highest BCUT2D eigenvalue weighted by atomic mass is 16.5. The molecule has 0 aliphatic heterocycles. The first kappa shape index (κ1) is 17.1. The number of carbonyl (C=O) groups is 2. The molecule has 5 nitrogen and oxygen atoms in total. The summed E-state index contributed by atoms with van der Waals surface area (Å²) >= 11 is 0. The van der Waals surface area contributed by atoms with Gasteiger partial charge >= 0.3 is 0 Å². The second kappa shape index (κ2) is 7.31. The van der Waals surface area contributed by atoms with Crippen molar-refractivity contribution < 1.29 is 14.3 Å². The van der Waals surface area contributed by atoms with Crippen LogP contribution in [0.15, 0.2) is 36.0 Å². The Morgan fingerprint density at radius 3 is 2.48 bits per heavy atom. The lowest BCUT2D eigenvalue weighted by molar-refractivity contribution is -0.124. The molecule has 0 heterocycles. The average Bonchev–Trinajstić information content (AvgIpc) is 2.50. The normalized spacial score (nSPS) is 14.9. The lowest BCUT2D eigenvalue weighted by Gasteiger charge is -2.19. The Balaban J connectivity index is 1.77. The van der Waals surface area contributed by atoms with E-state index in [0.717, 1.165) is 18.5 Å². The van der Waals surface area contributed by atoms with E-state index in [2.05, 4.69) is 31.6 Å². The molecule has 2 N–H and O–H groups in total. The van der Waals surface area contributed by atoms with Gasteiger partial charge in [0.25, 0.3) is 5.91 Å². The number of amides is 1. The van der Waals surface area contributed by atoms with Crippen LogP contribution >= 0.6 is 0 Å². The summed E-state index contributed by atoms with van der Waals surface area (Å²) < 4.78 is 5.46. The molecular weight excluding hydrogens is 292 g/mol. The zero-order valence-corrected chi connectivity index (χ0v) is 13.9.